The van der Waals surface area contributed by atoms with E-state index in [0.717, 1.165) is 37.0 Å². The van der Waals surface area contributed by atoms with Crippen molar-refractivity contribution in [2.45, 2.75) is 0 Å². The number of aromatic nitrogens is 1. The topological polar surface area (TPSA) is 45.4 Å². The molecule has 0 spiro atoms. The number of nitrogens with zero attached hydrogens (tertiary/aromatic N) is 3. The van der Waals surface area contributed by atoms with Gasteiger partial charge >= 0.3 is 0 Å². The highest BCUT2D eigenvalue weighted by atomic mass is 35.5. The van der Waals surface area contributed by atoms with Crippen LogP contribution < -0.4 is 15.5 Å². The third-order valence-electron chi connectivity index (χ3n) is 3.32. The first-order chi connectivity index (χ1) is 9.65. The number of hydrogen-bond donors (Lipinski definition) is 1. The number of benzene rings is 1. The Morgan fingerprint density at radius 2 is 1.65 bits per heavy atom. The summed E-state index contributed by atoms with van der Waals surface area (Å²) in [6, 6.07) is 3.49. The van der Waals surface area contributed by atoms with Crippen LogP contribution in [0.4, 0.5) is 16.5 Å². The Hall–Kier alpha value is -1.17. The fraction of sp³-hybridized carbons (Fsp3) is 0.308. The molecule has 4 nitrogen and oxygen atoms in total. The second-order valence-electron chi connectivity index (χ2n) is 4.62. The second kappa shape index (κ2) is 5.68. The minimum absolute atomic E-state index is 0.588. The van der Waals surface area contributed by atoms with Gasteiger partial charge < -0.3 is 15.5 Å². The van der Waals surface area contributed by atoms with Crippen molar-refractivity contribution in [2.24, 2.45) is 0 Å². The molecule has 7 heteroatoms. The number of thiazole rings is 1. The highest BCUT2D eigenvalue weighted by Crippen LogP contribution is 2.36. The van der Waals surface area contributed by atoms with E-state index < -0.39 is 0 Å². The van der Waals surface area contributed by atoms with Gasteiger partial charge in [0.05, 0.1) is 15.7 Å². The number of anilines is 3. The number of halogens is 2. The van der Waals surface area contributed by atoms with Gasteiger partial charge in [-0.15, -0.1) is 11.3 Å². The normalized spacial score (nSPS) is 15.7. The van der Waals surface area contributed by atoms with E-state index in [1.165, 1.54) is 0 Å². The maximum absolute atomic E-state index is 6.27. The van der Waals surface area contributed by atoms with Gasteiger partial charge in [0.2, 0.25) is 0 Å². The van der Waals surface area contributed by atoms with Gasteiger partial charge in [-0.3, -0.25) is 0 Å². The minimum atomic E-state index is 0.588. The lowest BCUT2D eigenvalue weighted by Crippen LogP contribution is -2.46. The van der Waals surface area contributed by atoms with E-state index in [0.29, 0.717) is 15.7 Å². The largest absolute Gasteiger partial charge is 0.399 e. The predicted molar refractivity (Wildman–Crippen MR) is 87.4 cm³/mol. The third kappa shape index (κ3) is 2.66. The summed E-state index contributed by atoms with van der Waals surface area (Å²) in [6.45, 7) is 3.54. The van der Waals surface area contributed by atoms with Crippen molar-refractivity contribution >= 4 is 51.0 Å². The summed E-state index contributed by atoms with van der Waals surface area (Å²) < 4.78 is 0. The highest BCUT2D eigenvalue weighted by molar-refractivity contribution is 7.13. The van der Waals surface area contributed by atoms with Crippen molar-refractivity contribution in [3.8, 4) is 0 Å². The van der Waals surface area contributed by atoms with Gasteiger partial charge in [0.1, 0.15) is 0 Å². The van der Waals surface area contributed by atoms with E-state index in [9.17, 15) is 0 Å². The summed E-state index contributed by atoms with van der Waals surface area (Å²) in [5.41, 5.74) is 7.21. The van der Waals surface area contributed by atoms with Crippen molar-refractivity contribution in [1.82, 2.24) is 4.98 Å². The first-order valence-electron chi connectivity index (χ1n) is 6.29. The molecule has 0 aliphatic carbocycles. The average Bonchev–Trinajstić information content (AvgIpc) is 2.92. The van der Waals surface area contributed by atoms with Crippen LogP contribution in [0.15, 0.2) is 23.7 Å². The van der Waals surface area contributed by atoms with Gasteiger partial charge in [-0.05, 0) is 12.1 Å². The Balaban J connectivity index is 1.75. The number of rotatable bonds is 2. The average molecular weight is 329 g/mol. The summed E-state index contributed by atoms with van der Waals surface area (Å²) in [6.07, 6.45) is 1.83. The van der Waals surface area contributed by atoms with Crippen LogP contribution >= 0.6 is 34.5 Å². The molecule has 1 aliphatic heterocycles. The van der Waals surface area contributed by atoms with E-state index in [1.54, 1.807) is 23.5 Å². The second-order valence-corrected chi connectivity index (χ2v) is 6.31. The molecule has 0 unspecified atom stereocenters. The highest BCUT2D eigenvalue weighted by Gasteiger charge is 2.22. The molecule has 20 heavy (non-hydrogen) atoms. The minimum Gasteiger partial charge on any atom is -0.399 e. The molecule has 106 valence electrons. The molecule has 2 heterocycles. The van der Waals surface area contributed by atoms with Crippen LogP contribution in [-0.4, -0.2) is 31.2 Å². The lowest BCUT2D eigenvalue weighted by Gasteiger charge is -2.36. The summed E-state index contributed by atoms with van der Waals surface area (Å²) in [5, 5.41) is 4.28. The van der Waals surface area contributed by atoms with Crippen LogP contribution in [0.2, 0.25) is 10.0 Å². The van der Waals surface area contributed by atoms with Crippen molar-refractivity contribution in [3.05, 3.63) is 33.8 Å². The fourth-order valence-corrected chi connectivity index (χ4v) is 3.82. The summed E-state index contributed by atoms with van der Waals surface area (Å²) >= 11 is 14.2. The van der Waals surface area contributed by atoms with Crippen molar-refractivity contribution in [1.29, 1.82) is 0 Å². The SMILES string of the molecule is Nc1cc(Cl)c(N2CCN(c3nccs3)CC2)c(Cl)c1. The van der Waals surface area contributed by atoms with Gasteiger partial charge in [0.25, 0.3) is 0 Å². The molecular weight excluding hydrogens is 315 g/mol. The zero-order valence-corrected chi connectivity index (χ0v) is 13.0. The van der Waals surface area contributed by atoms with Crippen molar-refractivity contribution < 1.29 is 0 Å². The zero-order chi connectivity index (χ0) is 14.1. The van der Waals surface area contributed by atoms with Crippen LogP contribution in [0, 0.1) is 0 Å². The molecule has 0 bridgehead atoms. The molecule has 2 aromatic rings. The monoisotopic (exact) mass is 328 g/mol. The van der Waals surface area contributed by atoms with Gasteiger partial charge in [0.15, 0.2) is 5.13 Å². The summed E-state index contributed by atoms with van der Waals surface area (Å²) in [4.78, 5) is 8.82. The molecule has 1 aromatic carbocycles. The lowest BCUT2D eigenvalue weighted by molar-refractivity contribution is 0.652. The number of piperazine rings is 1. The first kappa shape index (κ1) is 13.8. The van der Waals surface area contributed by atoms with Gasteiger partial charge in [0, 0.05) is 43.4 Å². The van der Waals surface area contributed by atoms with Crippen molar-refractivity contribution in [3.63, 3.8) is 0 Å². The van der Waals surface area contributed by atoms with E-state index in [2.05, 4.69) is 14.8 Å². The predicted octanol–water partition coefficient (Wildman–Crippen LogP) is 3.36. The molecule has 1 aromatic heterocycles. The summed E-state index contributed by atoms with van der Waals surface area (Å²) in [5.74, 6) is 0. The molecule has 1 saturated heterocycles. The van der Waals surface area contributed by atoms with E-state index >= 15 is 0 Å². The Labute approximate surface area is 131 Å². The van der Waals surface area contributed by atoms with E-state index in [4.69, 9.17) is 28.9 Å². The first-order valence-corrected chi connectivity index (χ1v) is 7.92. The van der Waals surface area contributed by atoms with Gasteiger partial charge in [-0.2, -0.15) is 0 Å². The Morgan fingerprint density at radius 1 is 1.05 bits per heavy atom. The molecule has 1 fully saturated rings. The Bertz CT molecular complexity index is 571. The quantitative estimate of drug-likeness (QED) is 0.858. The Kier molecular flexibility index (Phi) is 3.92. The zero-order valence-electron chi connectivity index (χ0n) is 10.7. The maximum atomic E-state index is 6.27. The van der Waals surface area contributed by atoms with Gasteiger partial charge in [-0.25, -0.2) is 4.98 Å². The van der Waals surface area contributed by atoms with E-state index in [-0.39, 0.29) is 0 Å². The van der Waals surface area contributed by atoms with Crippen LogP contribution in [0.1, 0.15) is 0 Å². The number of hydrogen-bond acceptors (Lipinski definition) is 5. The molecule has 1 aliphatic rings. The molecule has 0 amide bonds. The molecule has 0 saturated carbocycles. The van der Waals surface area contributed by atoms with E-state index in [1.807, 2.05) is 11.6 Å². The van der Waals surface area contributed by atoms with Crippen molar-refractivity contribution in [2.75, 3.05) is 41.7 Å². The van der Waals surface area contributed by atoms with Crippen LogP contribution in [0.5, 0.6) is 0 Å². The standard InChI is InChI=1S/C13H14Cl2N4S/c14-10-7-9(16)8-11(15)12(10)18-2-4-19(5-3-18)13-17-1-6-20-13/h1,6-8H,2-5,16H2. The Morgan fingerprint density at radius 3 is 2.20 bits per heavy atom. The van der Waals surface area contributed by atoms with Crippen LogP contribution in [0.25, 0.3) is 0 Å². The number of nitrogens with two attached hydrogens (primary N) is 1. The van der Waals surface area contributed by atoms with Gasteiger partial charge in [-0.1, -0.05) is 23.2 Å². The molecular formula is C13H14Cl2N4S. The third-order valence-corrected chi connectivity index (χ3v) is 4.73. The molecule has 0 atom stereocenters. The maximum Gasteiger partial charge on any atom is 0.185 e. The lowest BCUT2D eigenvalue weighted by atomic mass is 10.2. The van der Waals surface area contributed by atoms with Crippen LogP contribution in [0.3, 0.4) is 0 Å². The van der Waals surface area contributed by atoms with Crippen LogP contribution in [-0.2, 0) is 0 Å². The molecule has 0 radical (unpaired) electrons. The number of nitrogen functional groups attached to an aromatic ring is 1. The molecule has 3 rings (SSSR count). The molecule has 2 N–H and O–H groups in total. The summed E-state index contributed by atoms with van der Waals surface area (Å²) in [7, 11) is 0. The smallest absolute Gasteiger partial charge is 0.185 e. The fourth-order valence-electron chi connectivity index (χ4n) is 2.38.